The first kappa shape index (κ1) is 14.7. The Morgan fingerprint density at radius 2 is 2.05 bits per heavy atom. The summed E-state index contributed by atoms with van der Waals surface area (Å²) in [5, 5.41) is 11.1. The third-order valence-corrected chi connectivity index (χ3v) is 4.40. The number of aromatic hydroxyl groups is 1. The van der Waals surface area contributed by atoms with Gasteiger partial charge in [-0.1, -0.05) is 17.7 Å². The van der Waals surface area contributed by atoms with Crippen molar-refractivity contribution in [3.63, 3.8) is 0 Å². The number of fused-ring (bicyclic) bond motifs is 1. The first-order valence-electron chi connectivity index (χ1n) is 6.33. The monoisotopic (exact) mass is 334 g/mol. The van der Waals surface area contributed by atoms with Crippen LogP contribution >= 0.6 is 11.6 Å². The number of aromatic nitrogens is 2. The molecule has 0 spiro atoms. The highest BCUT2D eigenvalue weighted by Gasteiger charge is 2.20. The molecule has 7 heteroatoms. The van der Waals surface area contributed by atoms with Gasteiger partial charge in [-0.15, -0.1) is 0 Å². The van der Waals surface area contributed by atoms with Gasteiger partial charge in [-0.2, -0.15) is 0 Å². The molecule has 0 fully saturated rings. The molecule has 1 unspecified atom stereocenters. The number of hydrogen-bond acceptors (Lipinski definition) is 4. The van der Waals surface area contributed by atoms with Gasteiger partial charge >= 0.3 is 0 Å². The van der Waals surface area contributed by atoms with Crippen LogP contribution < -0.4 is 5.56 Å². The number of halogens is 1. The molecule has 1 N–H and O–H groups in total. The zero-order chi connectivity index (χ0) is 15.9. The summed E-state index contributed by atoms with van der Waals surface area (Å²) < 4.78 is 13.2. The Hall–Kier alpha value is -2.18. The molecule has 0 aliphatic rings. The lowest BCUT2D eigenvalue weighted by molar-refractivity contribution is 0.464. The molecule has 2 aromatic heterocycles. The van der Waals surface area contributed by atoms with Crippen molar-refractivity contribution in [2.24, 2.45) is 0 Å². The second-order valence-electron chi connectivity index (χ2n) is 4.63. The minimum atomic E-state index is -1.64. The highest BCUT2D eigenvalue weighted by molar-refractivity contribution is 7.84. The molecule has 0 aliphatic carbocycles. The minimum absolute atomic E-state index is 0.152. The van der Waals surface area contributed by atoms with Crippen LogP contribution in [0.5, 0.6) is 5.75 Å². The van der Waals surface area contributed by atoms with Crippen molar-refractivity contribution in [1.29, 1.82) is 0 Å². The van der Waals surface area contributed by atoms with Crippen LogP contribution in [-0.4, -0.2) is 25.1 Å². The van der Waals surface area contributed by atoms with Gasteiger partial charge in [-0.25, -0.2) is 4.98 Å². The lowest BCUT2D eigenvalue weighted by Gasteiger charge is -2.13. The van der Waals surface area contributed by atoms with Crippen molar-refractivity contribution in [2.75, 3.05) is 6.26 Å². The van der Waals surface area contributed by atoms with Crippen LogP contribution in [0.1, 0.15) is 0 Å². The molecule has 112 valence electrons. The maximum Gasteiger partial charge on any atom is 0.276 e. The zero-order valence-electron chi connectivity index (χ0n) is 11.5. The molecule has 0 saturated carbocycles. The van der Waals surface area contributed by atoms with Crippen LogP contribution in [0.2, 0.25) is 5.02 Å². The molecule has 0 aliphatic heterocycles. The summed E-state index contributed by atoms with van der Waals surface area (Å²) >= 11 is 5.99. The van der Waals surface area contributed by atoms with Gasteiger partial charge in [-0.3, -0.25) is 13.6 Å². The molecule has 0 amide bonds. The predicted octanol–water partition coefficient (Wildman–Crippen LogP) is 2.48. The van der Waals surface area contributed by atoms with E-state index in [0.29, 0.717) is 16.1 Å². The third kappa shape index (κ3) is 2.30. The Balaban J connectivity index is 2.53. The van der Waals surface area contributed by atoms with Crippen molar-refractivity contribution < 1.29 is 9.32 Å². The first-order chi connectivity index (χ1) is 10.5. The number of rotatable bonds is 2. The van der Waals surface area contributed by atoms with Gasteiger partial charge in [0.15, 0.2) is 5.65 Å². The second-order valence-corrected chi connectivity index (χ2v) is 6.38. The topological polar surface area (TPSA) is 72.2 Å². The molecule has 22 heavy (non-hydrogen) atoms. The summed E-state index contributed by atoms with van der Waals surface area (Å²) in [5.74, 6) is -0.299. The van der Waals surface area contributed by atoms with Gasteiger partial charge in [0.05, 0.1) is 21.9 Å². The molecule has 2 heterocycles. The Labute approximate surface area is 133 Å². The lowest BCUT2D eigenvalue weighted by Crippen LogP contribution is -2.24. The van der Waals surface area contributed by atoms with Crippen molar-refractivity contribution in [2.45, 2.75) is 4.90 Å². The summed E-state index contributed by atoms with van der Waals surface area (Å²) in [6.45, 7) is 0. The van der Waals surface area contributed by atoms with Crippen molar-refractivity contribution in [1.82, 2.24) is 9.55 Å². The average molecular weight is 335 g/mol. The Kier molecular flexibility index (Phi) is 3.72. The van der Waals surface area contributed by atoms with Crippen LogP contribution in [0.4, 0.5) is 0 Å². The van der Waals surface area contributed by atoms with E-state index in [2.05, 4.69) is 4.98 Å². The van der Waals surface area contributed by atoms with E-state index in [1.54, 1.807) is 36.4 Å². The Morgan fingerprint density at radius 1 is 1.27 bits per heavy atom. The van der Waals surface area contributed by atoms with Crippen LogP contribution in [-0.2, 0) is 10.8 Å². The average Bonchev–Trinajstić information content (AvgIpc) is 2.47. The maximum atomic E-state index is 12.7. The van der Waals surface area contributed by atoms with E-state index in [1.807, 2.05) is 0 Å². The Bertz CT molecular complexity index is 969. The molecular formula is C15H11ClN2O3S. The van der Waals surface area contributed by atoms with E-state index in [9.17, 15) is 14.1 Å². The van der Waals surface area contributed by atoms with E-state index in [-0.39, 0.29) is 16.3 Å². The second kappa shape index (κ2) is 5.55. The SMILES string of the molecule is CS(=O)c1c(O)c2cccnc2n(-c2cccc(Cl)c2)c1=O. The van der Waals surface area contributed by atoms with Crippen molar-refractivity contribution in [3.8, 4) is 11.4 Å². The smallest absolute Gasteiger partial charge is 0.276 e. The molecule has 3 rings (SSSR count). The number of pyridine rings is 2. The maximum absolute atomic E-state index is 12.7. The zero-order valence-corrected chi connectivity index (χ0v) is 13.1. The highest BCUT2D eigenvalue weighted by Crippen LogP contribution is 2.28. The fourth-order valence-electron chi connectivity index (χ4n) is 2.30. The fraction of sp³-hybridized carbons (Fsp3) is 0.0667. The third-order valence-electron chi connectivity index (χ3n) is 3.22. The van der Waals surface area contributed by atoms with Crippen molar-refractivity contribution in [3.05, 3.63) is 58.0 Å². The molecule has 0 bridgehead atoms. The minimum Gasteiger partial charge on any atom is -0.506 e. The van der Waals surface area contributed by atoms with Gasteiger partial charge in [0.1, 0.15) is 10.6 Å². The van der Waals surface area contributed by atoms with E-state index < -0.39 is 16.4 Å². The molecular weight excluding hydrogens is 324 g/mol. The summed E-state index contributed by atoms with van der Waals surface area (Å²) in [6.07, 6.45) is 2.87. The van der Waals surface area contributed by atoms with Gasteiger partial charge in [0.25, 0.3) is 5.56 Å². The van der Waals surface area contributed by atoms with Crippen LogP contribution in [0.3, 0.4) is 0 Å². The summed E-state index contributed by atoms with van der Waals surface area (Å²) in [7, 11) is -1.64. The largest absolute Gasteiger partial charge is 0.506 e. The fourth-order valence-corrected chi connectivity index (χ4v) is 3.20. The van der Waals surface area contributed by atoms with E-state index in [1.165, 1.54) is 17.0 Å². The van der Waals surface area contributed by atoms with E-state index in [0.717, 1.165) is 0 Å². The van der Waals surface area contributed by atoms with Crippen LogP contribution in [0.25, 0.3) is 16.7 Å². The standard InChI is InChI=1S/C15H11ClN2O3S/c1-22(21)13-12(19)11-6-3-7-17-14(11)18(15(13)20)10-5-2-4-9(16)8-10/h2-8,19H,1H3. The van der Waals surface area contributed by atoms with Gasteiger partial charge in [0, 0.05) is 17.5 Å². The normalized spacial score (nSPS) is 12.5. The highest BCUT2D eigenvalue weighted by atomic mass is 35.5. The molecule has 5 nitrogen and oxygen atoms in total. The van der Waals surface area contributed by atoms with Crippen LogP contribution in [0, 0.1) is 0 Å². The molecule has 0 radical (unpaired) electrons. The molecule has 1 atom stereocenters. The summed E-state index contributed by atoms with van der Waals surface area (Å²) in [4.78, 5) is 16.7. The Morgan fingerprint density at radius 3 is 2.73 bits per heavy atom. The molecule has 3 aromatic rings. The van der Waals surface area contributed by atoms with Crippen LogP contribution in [0.15, 0.2) is 52.3 Å². The van der Waals surface area contributed by atoms with Gasteiger partial charge < -0.3 is 5.11 Å². The number of hydrogen-bond donors (Lipinski definition) is 1. The molecule has 1 aromatic carbocycles. The summed E-state index contributed by atoms with van der Waals surface area (Å²) in [5.41, 5.74) is 0.196. The van der Waals surface area contributed by atoms with Crippen molar-refractivity contribution >= 4 is 33.4 Å². The lowest BCUT2D eigenvalue weighted by atomic mass is 10.2. The number of benzene rings is 1. The van der Waals surface area contributed by atoms with Gasteiger partial charge in [0.2, 0.25) is 0 Å². The predicted molar refractivity (Wildman–Crippen MR) is 86.3 cm³/mol. The first-order valence-corrected chi connectivity index (χ1v) is 8.26. The number of nitrogens with zero attached hydrogens (tertiary/aromatic N) is 2. The molecule has 0 saturated heterocycles. The van der Waals surface area contributed by atoms with E-state index in [4.69, 9.17) is 11.6 Å². The van der Waals surface area contributed by atoms with Gasteiger partial charge in [-0.05, 0) is 30.3 Å². The quantitative estimate of drug-likeness (QED) is 0.781. The summed E-state index contributed by atoms with van der Waals surface area (Å²) in [6, 6.07) is 9.95. The van der Waals surface area contributed by atoms with E-state index >= 15 is 0 Å².